The number of aryl methyl sites for hydroxylation is 2. The summed E-state index contributed by atoms with van der Waals surface area (Å²) in [5.41, 5.74) is 3.59. The standard InChI is InChI=1S/C19H25N3O3/c1-13-8-9-15(14(2)10-13)11-20(3)12-21-17(23)18(24)22(19(21)25)16-6-4-5-7-16/h8-10,16H,4-7,11-12H2,1-3H3/p+1. The van der Waals surface area contributed by atoms with Crippen LogP contribution >= 0.6 is 0 Å². The minimum atomic E-state index is -0.683. The zero-order valence-electron chi connectivity index (χ0n) is 15.2. The molecule has 1 aliphatic carbocycles. The number of nitrogens with zero attached hydrogens (tertiary/aromatic N) is 2. The highest BCUT2D eigenvalue weighted by Crippen LogP contribution is 2.27. The van der Waals surface area contributed by atoms with E-state index in [2.05, 4.69) is 32.0 Å². The molecule has 1 aromatic rings. The summed E-state index contributed by atoms with van der Waals surface area (Å²) >= 11 is 0. The number of nitrogens with one attached hydrogen (secondary N) is 1. The van der Waals surface area contributed by atoms with Crippen LogP contribution in [0.3, 0.4) is 0 Å². The number of quaternary nitrogens is 1. The number of imide groups is 2. The smallest absolute Gasteiger partial charge is 0.316 e. The van der Waals surface area contributed by atoms with Crippen LogP contribution in [0.1, 0.15) is 42.4 Å². The first-order valence-corrected chi connectivity index (χ1v) is 8.95. The van der Waals surface area contributed by atoms with Gasteiger partial charge in [-0.1, -0.05) is 36.6 Å². The van der Waals surface area contributed by atoms with Gasteiger partial charge >= 0.3 is 17.8 Å². The Morgan fingerprint density at radius 2 is 1.76 bits per heavy atom. The van der Waals surface area contributed by atoms with E-state index >= 15 is 0 Å². The highest BCUT2D eigenvalue weighted by Gasteiger charge is 2.49. The summed E-state index contributed by atoms with van der Waals surface area (Å²) in [6.07, 6.45) is 3.63. The normalized spacial score (nSPS) is 20.0. The number of rotatable bonds is 5. The molecule has 3 rings (SSSR count). The quantitative estimate of drug-likeness (QED) is 0.641. The van der Waals surface area contributed by atoms with E-state index in [4.69, 9.17) is 0 Å². The molecule has 6 nitrogen and oxygen atoms in total. The first-order valence-electron chi connectivity index (χ1n) is 8.95. The molecule has 0 bridgehead atoms. The van der Waals surface area contributed by atoms with Crippen LogP contribution in [-0.4, -0.2) is 47.4 Å². The Morgan fingerprint density at radius 1 is 1.08 bits per heavy atom. The van der Waals surface area contributed by atoms with Gasteiger partial charge in [-0.2, -0.15) is 0 Å². The first kappa shape index (κ1) is 17.6. The van der Waals surface area contributed by atoms with Crippen LogP contribution in [0.5, 0.6) is 0 Å². The number of amides is 4. The summed E-state index contributed by atoms with van der Waals surface area (Å²) in [5, 5.41) is 0. The highest BCUT2D eigenvalue weighted by atomic mass is 16.2. The molecule has 2 aliphatic rings. The van der Waals surface area contributed by atoms with E-state index in [1.54, 1.807) is 0 Å². The molecule has 6 heteroatoms. The molecule has 1 unspecified atom stereocenters. The second kappa shape index (κ2) is 6.96. The van der Waals surface area contributed by atoms with Crippen molar-refractivity contribution >= 4 is 17.8 Å². The van der Waals surface area contributed by atoms with Crippen molar-refractivity contribution in [1.29, 1.82) is 0 Å². The minimum Gasteiger partial charge on any atom is -0.316 e. The van der Waals surface area contributed by atoms with Crippen LogP contribution in [0, 0.1) is 13.8 Å². The average Bonchev–Trinajstić information content (AvgIpc) is 3.14. The van der Waals surface area contributed by atoms with Crippen LogP contribution in [0.4, 0.5) is 4.79 Å². The predicted octanol–water partition coefficient (Wildman–Crippen LogP) is 1.01. The SMILES string of the molecule is Cc1ccc(C[NH+](C)CN2C(=O)C(=O)N(C3CCCC3)C2=O)c(C)c1. The maximum Gasteiger partial charge on any atom is 0.338 e. The monoisotopic (exact) mass is 344 g/mol. The Morgan fingerprint density at radius 3 is 2.40 bits per heavy atom. The minimum absolute atomic E-state index is 0.103. The van der Waals surface area contributed by atoms with Crippen molar-refractivity contribution in [3.05, 3.63) is 34.9 Å². The molecule has 25 heavy (non-hydrogen) atoms. The molecule has 1 N–H and O–H groups in total. The van der Waals surface area contributed by atoms with Crippen molar-refractivity contribution in [1.82, 2.24) is 9.80 Å². The number of carbonyl (C=O) groups excluding carboxylic acids is 3. The summed E-state index contributed by atoms with van der Waals surface area (Å²) < 4.78 is 0. The molecule has 0 aromatic heterocycles. The van der Waals surface area contributed by atoms with Crippen molar-refractivity contribution in [3.8, 4) is 0 Å². The number of benzene rings is 1. The van der Waals surface area contributed by atoms with E-state index < -0.39 is 17.8 Å². The van der Waals surface area contributed by atoms with Gasteiger partial charge in [0.1, 0.15) is 6.54 Å². The van der Waals surface area contributed by atoms with Crippen LogP contribution in [0.2, 0.25) is 0 Å². The molecular formula is C19H26N3O3+. The fraction of sp³-hybridized carbons (Fsp3) is 0.526. The summed E-state index contributed by atoms with van der Waals surface area (Å²) in [4.78, 5) is 40.4. The van der Waals surface area contributed by atoms with Gasteiger partial charge in [-0.25, -0.2) is 9.69 Å². The fourth-order valence-electron chi connectivity index (χ4n) is 3.84. The van der Waals surface area contributed by atoms with E-state index in [-0.39, 0.29) is 12.7 Å². The van der Waals surface area contributed by atoms with Crippen LogP contribution in [0.25, 0.3) is 0 Å². The lowest BCUT2D eigenvalue weighted by Crippen LogP contribution is -3.09. The lowest BCUT2D eigenvalue weighted by Gasteiger charge is -2.23. The molecule has 2 fully saturated rings. The molecule has 1 heterocycles. The van der Waals surface area contributed by atoms with E-state index in [0.717, 1.165) is 35.5 Å². The molecule has 134 valence electrons. The fourth-order valence-corrected chi connectivity index (χ4v) is 3.84. The molecule has 0 spiro atoms. The molecule has 1 atom stereocenters. The maximum atomic E-state index is 12.6. The summed E-state index contributed by atoms with van der Waals surface area (Å²) in [6, 6.07) is 5.72. The first-order chi connectivity index (χ1) is 11.9. The van der Waals surface area contributed by atoms with Gasteiger partial charge in [0.25, 0.3) is 0 Å². The van der Waals surface area contributed by atoms with Crippen LogP contribution in [0.15, 0.2) is 18.2 Å². The lowest BCUT2D eigenvalue weighted by atomic mass is 10.1. The third-order valence-corrected chi connectivity index (χ3v) is 5.19. The van der Waals surface area contributed by atoms with E-state index in [1.165, 1.54) is 21.6 Å². The zero-order chi connectivity index (χ0) is 18.1. The van der Waals surface area contributed by atoms with Gasteiger partial charge in [-0.15, -0.1) is 0 Å². The highest BCUT2D eigenvalue weighted by molar-refractivity contribution is 6.44. The lowest BCUT2D eigenvalue weighted by molar-refractivity contribution is -0.901. The van der Waals surface area contributed by atoms with E-state index in [1.807, 2.05) is 7.05 Å². The van der Waals surface area contributed by atoms with Gasteiger partial charge in [0.2, 0.25) is 0 Å². The van der Waals surface area contributed by atoms with Gasteiger partial charge in [-0.05, 0) is 32.3 Å². The molecular weight excluding hydrogens is 318 g/mol. The Hall–Kier alpha value is -2.21. The number of hydrogen-bond acceptors (Lipinski definition) is 3. The second-order valence-corrected chi connectivity index (χ2v) is 7.35. The van der Waals surface area contributed by atoms with Crippen molar-refractivity contribution < 1.29 is 19.3 Å². The van der Waals surface area contributed by atoms with Gasteiger partial charge in [0.15, 0.2) is 6.67 Å². The molecule has 1 aliphatic heterocycles. The van der Waals surface area contributed by atoms with Gasteiger partial charge in [-0.3, -0.25) is 14.5 Å². The van der Waals surface area contributed by atoms with Crippen LogP contribution < -0.4 is 4.90 Å². The molecule has 1 saturated heterocycles. The largest absolute Gasteiger partial charge is 0.338 e. The molecule has 1 aromatic carbocycles. The van der Waals surface area contributed by atoms with Gasteiger partial charge in [0.05, 0.1) is 7.05 Å². The topological polar surface area (TPSA) is 62.1 Å². The van der Waals surface area contributed by atoms with Gasteiger partial charge in [0, 0.05) is 11.6 Å². The van der Waals surface area contributed by atoms with E-state index in [0.29, 0.717) is 6.54 Å². The number of urea groups is 1. The molecule has 4 amide bonds. The third-order valence-electron chi connectivity index (χ3n) is 5.19. The Kier molecular flexibility index (Phi) is 4.90. The van der Waals surface area contributed by atoms with Gasteiger partial charge < -0.3 is 4.90 Å². The van der Waals surface area contributed by atoms with Crippen molar-refractivity contribution in [2.24, 2.45) is 0 Å². The Balaban J connectivity index is 1.68. The summed E-state index contributed by atoms with van der Waals surface area (Å²) in [5.74, 6) is -1.34. The predicted molar refractivity (Wildman–Crippen MR) is 92.7 cm³/mol. The van der Waals surface area contributed by atoms with Crippen molar-refractivity contribution in [2.75, 3.05) is 13.7 Å². The molecule has 0 radical (unpaired) electrons. The zero-order valence-corrected chi connectivity index (χ0v) is 15.2. The van der Waals surface area contributed by atoms with Crippen molar-refractivity contribution in [3.63, 3.8) is 0 Å². The third kappa shape index (κ3) is 3.44. The summed E-state index contributed by atoms with van der Waals surface area (Å²) in [6.45, 7) is 5.02. The number of carbonyl (C=O) groups is 3. The van der Waals surface area contributed by atoms with Crippen LogP contribution in [-0.2, 0) is 16.1 Å². The number of hydrogen-bond donors (Lipinski definition) is 1. The summed E-state index contributed by atoms with van der Waals surface area (Å²) in [7, 11) is 1.93. The average molecular weight is 344 g/mol. The van der Waals surface area contributed by atoms with E-state index in [9.17, 15) is 14.4 Å². The molecule has 1 saturated carbocycles. The Labute approximate surface area is 148 Å². The van der Waals surface area contributed by atoms with Crippen molar-refractivity contribution in [2.45, 2.75) is 52.1 Å². The second-order valence-electron chi connectivity index (χ2n) is 7.35. The maximum absolute atomic E-state index is 12.6. The Bertz CT molecular complexity index is 710.